The van der Waals surface area contributed by atoms with Gasteiger partial charge in [0.05, 0.1) is 12.8 Å². The summed E-state index contributed by atoms with van der Waals surface area (Å²) in [6.45, 7) is 0.208. The summed E-state index contributed by atoms with van der Waals surface area (Å²) in [5, 5.41) is 8.36. The van der Waals surface area contributed by atoms with Gasteiger partial charge in [0, 0.05) is 35.0 Å². The highest BCUT2D eigenvalue weighted by Gasteiger charge is 2.57. The van der Waals surface area contributed by atoms with E-state index in [0.29, 0.717) is 28.9 Å². The van der Waals surface area contributed by atoms with Gasteiger partial charge in [-0.1, -0.05) is 0 Å². The Morgan fingerprint density at radius 3 is 2.42 bits per heavy atom. The van der Waals surface area contributed by atoms with Crippen LogP contribution in [0.4, 0.5) is 19.4 Å². The van der Waals surface area contributed by atoms with E-state index in [2.05, 4.69) is 20.9 Å². The van der Waals surface area contributed by atoms with Gasteiger partial charge in [-0.2, -0.15) is 0 Å². The number of nitrogens with one attached hydrogen (secondary N) is 3. The molecule has 3 atom stereocenters. The molecule has 3 amide bonds. The van der Waals surface area contributed by atoms with E-state index in [-0.39, 0.29) is 41.7 Å². The first-order chi connectivity index (χ1) is 17.5. The molecule has 2 aliphatic carbocycles. The molecule has 36 heavy (non-hydrogen) atoms. The fraction of sp³-hybridized carbons (Fsp3) is 0.269. The van der Waals surface area contributed by atoms with Gasteiger partial charge in [0.25, 0.3) is 5.91 Å². The number of halogens is 2. The third kappa shape index (κ3) is 4.41. The third-order valence-corrected chi connectivity index (χ3v) is 6.56. The summed E-state index contributed by atoms with van der Waals surface area (Å²) in [5.41, 5.74) is 0.740. The standard InChI is InChI=1S/C26H22F2N4O4/c27-18-8-9-19(28)24-22(18)21-17(12-35-24)23(21)32-26(34)31-20-10-7-16(11-29-20)36-15-5-1-13(2-6-15)25(33)30-14-3-4-14/h1-2,5-11,14,17,21,23H,3-4,12H2,(H,30,33)(H2,29,31,32,34)/t17-,21+,23-/m1/s1. The van der Waals surface area contributed by atoms with E-state index >= 15 is 0 Å². The van der Waals surface area contributed by atoms with Gasteiger partial charge in [-0.15, -0.1) is 0 Å². The fourth-order valence-corrected chi connectivity index (χ4v) is 4.48. The number of hydrogen-bond acceptors (Lipinski definition) is 5. The number of rotatable bonds is 6. The van der Waals surface area contributed by atoms with Crippen LogP contribution in [-0.2, 0) is 0 Å². The Morgan fingerprint density at radius 2 is 1.69 bits per heavy atom. The lowest BCUT2D eigenvalue weighted by Gasteiger charge is -2.16. The zero-order chi connectivity index (χ0) is 24.8. The average Bonchev–Trinajstić information content (AvgIpc) is 3.81. The monoisotopic (exact) mass is 492 g/mol. The maximum absolute atomic E-state index is 14.3. The number of aromatic nitrogens is 1. The van der Waals surface area contributed by atoms with Crippen molar-refractivity contribution in [2.45, 2.75) is 30.8 Å². The first-order valence-electron chi connectivity index (χ1n) is 11.7. The summed E-state index contributed by atoms with van der Waals surface area (Å²) in [5.74, 6) is -0.477. The molecule has 2 heterocycles. The van der Waals surface area contributed by atoms with Crippen molar-refractivity contribution in [1.82, 2.24) is 15.6 Å². The Hall–Kier alpha value is -4.21. The van der Waals surface area contributed by atoms with Crippen LogP contribution in [0.1, 0.15) is 34.7 Å². The van der Waals surface area contributed by atoms with E-state index in [1.807, 2.05) is 0 Å². The topological polar surface area (TPSA) is 102 Å². The first-order valence-corrected chi connectivity index (χ1v) is 11.7. The maximum atomic E-state index is 14.3. The Kier molecular flexibility index (Phi) is 5.43. The number of anilines is 1. The largest absolute Gasteiger partial charge is 0.490 e. The number of carbonyl (C=O) groups excluding carboxylic acids is 2. The Balaban J connectivity index is 1.03. The second-order valence-electron chi connectivity index (χ2n) is 9.15. The van der Waals surface area contributed by atoms with Crippen molar-refractivity contribution < 1.29 is 27.8 Å². The minimum absolute atomic E-state index is 0.0747. The number of carbonyl (C=O) groups is 2. The fourth-order valence-electron chi connectivity index (χ4n) is 4.48. The molecular weight excluding hydrogens is 470 g/mol. The second kappa shape index (κ2) is 8.78. The highest BCUT2D eigenvalue weighted by molar-refractivity contribution is 5.94. The smallest absolute Gasteiger partial charge is 0.320 e. The molecule has 0 radical (unpaired) electrons. The predicted molar refractivity (Wildman–Crippen MR) is 125 cm³/mol. The molecule has 2 fully saturated rings. The molecule has 0 unspecified atom stereocenters. The summed E-state index contributed by atoms with van der Waals surface area (Å²) in [6, 6.07) is 11.6. The number of hydrogen-bond donors (Lipinski definition) is 3. The van der Waals surface area contributed by atoms with Gasteiger partial charge in [-0.05, 0) is 61.4 Å². The highest BCUT2D eigenvalue weighted by Crippen LogP contribution is 2.55. The molecule has 6 rings (SSSR count). The number of ether oxygens (including phenoxy) is 2. The van der Waals surface area contributed by atoms with Gasteiger partial charge < -0.3 is 20.1 Å². The summed E-state index contributed by atoms with van der Waals surface area (Å²) in [6.07, 6.45) is 3.51. The van der Waals surface area contributed by atoms with Crippen molar-refractivity contribution in [3.63, 3.8) is 0 Å². The van der Waals surface area contributed by atoms with Gasteiger partial charge in [0.1, 0.15) is 23.1 Å². The SMILES string of the molecule is O=C(Nc1ccc(Oc2ccc(C(=O)NC3CC3)cc2)cn1)N[C@@H]1[C@@H]2COc3c(F)ccc(F)c3[C@H]21. The molecule has 3 N–H and O–H groups in total. The van der Waals surface area contributed by atoms with Crippen LogP contribution in [0.15, 0.2) is 54.7 Å². The lowest BCUT2D eigenvalue weighted by atomic mass is 10.0. The quantitative estimate of drug-likeness (QED) is 0.475. The minimum Gasteiger partial charge on any atom is -0.490 e. The van der Waals surface area contributed by atoms with Gasteiger partial charge in [-0.3, -0.25) is 10.1 Å². The molecule has 0 saturated heterocycles. The van der Waals surface area contributed by atoms with E-state index in [1.165, 1.54) is 6.20 Å². The molecule has 184 valence electrons. The van der Waals surface area contributed by atoms with Crippen molar-refractivity contribution >= 4 is 17.8 Å². The van der Waals surface area contributed by atoms with Gasteiger partial charge in [0.2, 0.25) is 0 Å². The average molecular weight is 492 g/mol. The first kappa shape index (κ1) is 22.3. The number of nitrogens with zero attached hydrogens (tertiary/aromatic N) is 1. The Morgan fingerprint density at radius 1 is 0.944 bits per heavy atom. The molecular formula is C26H22F2N4O4. The van der Waals surface area contributed by atoms with Crippen molar-refractivity contribution in [1.29, 1.82) is 0 Å². The molecule has 1 aromatic heterocycles. The maximum Gasteiger partial charge on any atom is 0.320 e. The Bertz CT molecular complexity index is 1330. The molecule has 2 aromatic carbocycles. The molecule has 3 aliphatic rings. The van der Waals surface area contributed by atoms with E-state index in [1.54, 1.807) is 36.4 Å². The van der Waals surface area contributed by atoms with Crippen LogP contribution in [0.2, 0.25) is 0 Å². The normalized spacial score (nSPS) is 21.3. The zero-order valence-corrected chi connectivity index (χ0v) is 19.0. The van der Waals surface area contributed by atoms with Crippen molar-refractivity contribution in [2.24, 2.45) is 5.92 Å². The van der Waals surface area contributed by atoms with Crippen LogP contribution >= 0.6 is 0 Å². The predicted octanol–water partition coefficient (Wildman–Crippen LogP) is 4.34. The van der Waals surface area contributed by atoms with Crippen molar-refractivity contribution in [3.05, 3.63) is 77.5 Å². The third-order valence-electron chi connectivity index (χ3n) is 6.56. The van der Waals surface area contributed by atoms with Crippen molar-refractivity contribution in [3.8, 4) is 17.2 Å². The summed E-state index contributed by atoms with van der Waals surface area (Å²) >= 11 is 0. The van der Waals surface area contributed by atoms with Crippen LogP contribution in [0, 0.1) is 17.6 Å². The zero-order valence-electron chi connectivity index (χ0n) is 19.0. The molecule has 0 bridgehead atoms. The summed E-state index contributed by atoms with van der Waals surface area (Å²) in [4.78, 5) is 28.7. The number of urea groups is 1. The van der Waals surface area contributed by atoms with Crippen LogP contribution in [-0.4, -0.2) is 35.6 Å². The molecule has 3 aromatic rings. The molecule has 10 heteroatoms. The number of fused-ring (bicyclic) bond motifs is 3. The Labute approximate surface area is 205 Å². The molecule has 0 spiro atoms. The van der Waals surface area contributed by atoms with Gasteiger partial charge >= 0.3 is 6.03 Å². The lowest BCUT2D eigenvalue weighted by Crippen LogP contribution is -2.32. The lowest BCUT2D eigenvalue weighted by molar-refractivity contribution is 0.0951. The van der Waals surface area contributed by atoms with Crippen LogP contribution in [0.5, 0.6) is 17.2 Å². The van der Waals surface area contributed by atoms with E-state index < -0.39 is 17.7 Å². The number of pyridine rings is 1. The number of benzene rings is 2. The highest BCUT2D eigenvalue weighted by atomic mass is 19.1. The summed E-state index contributed by atoms with van der Waals surface area (Å²) in [7, 11) is 0. The molecule has 8 nitrogen and oxygen atoms in total. The van der Waals surface area contributed by atoms with Crippen LogP contribution < -0.4 is 25.4 Å². The minimum atomic E-state index is -0.610. The van der Waals surface area contributed by atoms with Gasteiger partial charge in [-0.25, -0.2) is 18.6 Å². The van der Waals surface area contributed by atoms with E-state index in [9.17, 15) is 18.4 Å². The van der Waals surface area contributed by atoms with Crippen LogP contribution in [0.25, 0.3) is 0 Å². The second-order valence-corrected chi connectivity index (χ2v) is 9.15. The van der Waals surface area contributed by atoms with Gasteiger partial charge in [0.15, 0.2) is 11.6 Å². The van der Waals surface area contributed by atoms with Crippen molar-refractivity contribution in [2.75, 3.05) is 11.9 Å². The van der Waals surface area contributed by atoms with E-state index in [4.69, 9.17) is 9.47 Å². The summed E-state index contributed by atoms with van der Waals surface area (Å²) < 4.78 is 39.4. The van der Waals surface area contributed by atoms with Crippen LogP contribution in [0.3, 0.4) is 0 Å². The molecule has 1 aliphatic heterocycles. The number of amides is 3. The molecule has 2 saturated carbocycles. The van der Waals surface area contributed by atoms with E-state index in [0.717, 1.165) is 25.0 Å².